The van der Waals surface area contributed by atoms with Crippen molar-refractivity contribution in [3.63, 3.8) is 0 Å². The molecule has 1 heteroatoms. The number of aliphatic hydroxyl groups is 1. The van der Waals surface area contributed by atoms with Crippen LogP contribution in [0.1, 0.15) is 86.0 Å². The Morgan fingerprint density at radius 3 is 2.52 bits per heavy atom. The Morgan fingerprint density at radius 2 is 1.79 bits per heavy atom. The van der Waals surface area contributed by atoms with Gasteiger partial charge >= 0.3 is 0 Å². The molecule has 0 heterocycles. The van der Waals surface area contributed by atoms with Crippen molar-refractivity contribution in [1.82, 2.24) is 0 Å². The van der Waals surface area contributed by atoms with Gasteiger partial charge in [0.25, 0.3) is 0 Å². The van der Waals surface area contributed by atoms with Crippen LogP contribution in [0.3, 0.4) is 0 Å². The second-order valence-corrected chi connectivity index (χ2v) is 10.9. The summed E-state index contributed by atoms with van der Waals surface area (Å²) in [6.45, 7) is 16.3. The lowest BCUT2D eigenvalue weighted by molar-refractivity contribution is 0.112. The number of hydrogen-bond donors (Lipinski definition) is 1. The fourth-order valence-electron chi connectivity index (χ4n) is 6.25. The van der Waals surface area contributed by atoms with E-state index in [0.29, 0.717) is 17.3 Å². The highest BCUT2D eigenvalue weighted by atomic mass is 16.3. The number of allylic oxidation sites excluding steroid dienone is 6. The van der Waals surface area contributed by atoms with Crippen LogP contribution >= 0.6 is 0 Å². The van der Waals surface area contributed by atoms with Crippen molar-refractivity contribution in [2.45, 2.75) is 92.1 Å². The fraction of sp³-hybridized carbons (Fsp3) is 0.714. The van der Waals surface area contributed by atoms with Crippen molar-refractivity contribution >= 4 is 0 Å². The van der Waals surface area contributed by atoms with Crippen LogP contribution in [-0.4, -0.2) is 11.2 Å². The summed E-state index contributed by atoms with van der Waals surface area (Å²) in [7, 11) is 0. The van der Waals surface area contributed by atoms with E-state index in [2.05, 4.69) is 65.5 Å². The standard InChI is InChI=1S/C28H44O/c1-19(2)20(3)9-10-22(5)26-15-16-27-23(8-7-17-28(26,27)6)12-13-24-18-25(29)14-11-21(24)4/h9-10,12-13,19-20,22,25-27,29H,4,7-8,11,14-18H2,1-3,5-6H3/b10-9+,23-12?,24-13?/t20-,22+,25-,26+,27+,28+/m0/s1. The molecular formula is C28H44O. The van der Waals surface area contributed by atoms with Gasteiger partial charge in [-0.2, -0.15) is 0 Å². The molecule has 3 aliphatic carbocycles. The Morgan fingerprint density at radius 1 is 1.03 bits per heavy atom. The van der Waals surface area contributed by atoms with E-state index in [9.17, 15) is 5.11 Å². The normalized spacial score (nSPS) is 38.2. The predicted octanol–water partition coefficient (Wildman–Crippen LogP) is 7.64. The molecule has 0 bridgehead atoms. The summed E-state index contributed by atoms with van der Waals surface area (Å²) in [5.74, 6) is 3.58. The van der Waals surface area contributed by atoms with Crippen molar-refractivity contribution in [3.05, 3.63) is 47.6 Å². The van der Waals surface area contributed by atoms with Crippen LogP contribution in [0.2, 0.25) is 0 Å². The van der Waals surface area contributed by atoms with E-state index in [1.165, 1.54) is 43.3 Å². The monoisotopic (exact) mass is 396 g/mol. The van der Waals surface area contributed by atoms with Crippen LogP contribution in [0.4, 0.5) is 0 Å². The van der Waals surface area contributed by atoms with Gasteiger partial charge in [0.2, 0.25) is 0 Å². The van der Waals surface area contributed by atoms with E-state index in [-0.39, 0.29) is 6.10 Å². The molecule has 0 saturated heterocycles. The lowest BCUT2D eigenvalue weighted by atomic mass is 9.61. The average Bonchev–Trinajstić information content (AvgIpc) is 3.04. The van der Waals surface area contributed by atoms with Gasteiger partial charge in [0, 0.05) is 0 Å². The third kappa shape index (κ3) is 4.98. The summed E-state index contributed by atoms with van der Waals surface area (Å²) >= 11 is 0. The van der Waals surface area contributed by atoms with Gasteiger partial charge in [-0.3, -0.25) is 0 Å². The molecule has 0 aliphatic heterocycles. The van der Waals surface area contributed by atoms with Crippen molar-refractivity contribution < 1.29 is 5.11 Å². The Labute approximate surface area is 180 Å². The molecule has 29 heavy (non-hydrogen) atoms. The van der Waals surface area contributed by atoms with Crippen LogP contribution in [-0.2, 0) is 0 Å². The van der Waals surface area contributed by atoms with Crippen LogP contribution < -0.4 is 0 Å². The summed E-state index contributed by atoms with van der Waals surface area (Å²) in [4.78, 5) is 0. The molecular weight excluding hydrogens is 352 g/mol. The minimum absolute atomic E-state index is 0.182. The largest absolute Gasteiger partial charge is 0.393 e. The maximum absolute atomic E-state index is 10.0. The molecule has 0 radical (unpaired) electrons. The number of rotatable bonds is 5. The third-order valence-electron chi connectivity index (χ3n) is 8.63. The van der Waals surface area contributed by atoms with Gasteiger partial charge in [0.1, 0.15) is 0 Å². The van der Waals surface area contributed by atoms with Crippen molar-refractivity contribution in [3.8, 4) is 0 Å². The molecule has 1 nitrogen and oxygen atoms in total. The minimum atomic E-state index is -0.182. The Bertz CT molecular complexity index is 678. The second-order valence-electron chi connectivity index (χ2n) is 10.9. The highest BCUT2D eigenvalue weighted by Crippen LogP contribution is 2.59. The smallest absolute Gasteiger partial charge is 0.0583 e. The molecule has 0 spiro atoms. The first-order valence-electron chi connectivity index (χ1n) is 12.2. The van der Waals surface area contributed by atoms with Crippen LogP contribution in [0.15, 0.2) is 47.6 Å². The SMILES string of the molecule is C=C1CC[C@H](O)CC1=CC=C1CCC[C@@]2(C)[C@@H]1CC[C@@H]2[C@H](C)/C=C/[C@H](C)C(C)C. The van der Waals surface area contributed by atoms with Gasteiger partial charge in [0.05, 0.1) is 6.10 Å². The number of aliphatic hydroxyl groups excluding tert-OH is 1. The second kappa shape index (κ2) is 9.38. The van der Waals surface area contributed by atoms with Gasteiger partial charge in [-0.05, 0) is 91.9 Å². The molecule has 0 unspecified atom stereocenters. The van der Waals surface area contributed by atoms with Crippen molar-refractivity contribution in [1.29, 1.82) is 0 Å². The van der Waals surface area contributed by atoms with E-state index in [1.807, 2.05) is 0 Å². The van der Waals surface area contributed by atoms with Crippen LogP contribution in [0.25, 0.3) is 0 Å². The summed E-state index contributed by atoms with van der Waals surface area (Å²) < 4.78 is 0. The maximum Gasteiger partial charge on any atom is 0.0583 e. The van der Waals surface area contributed by atoms with Crippen molar-refractivity contribution in [2.24, 2.45) is 35.0 Å². The quantitative estimate of drug-likeness (QED) is 0.473. The van der Waals surface area contributed by atoms with Crippen LogP contribution in [0, 0.1) is 35.0 Å². The van der Waals surface area contributed by atoms with Crippen LogP contribution in [0.5, 0.6) is 0 Å². The zero-order valence-electron chi connectivity index (χ0n) is 19.6. The number of hydrogen-bond acceptors (Lipinski definition) is 1. The van der Waals surface area contributed by atoms with E-state index < -0.39 is 0 Å². The van der Waals surface area contributed by atoms with E-state index in [0.717, 1.165) is 37.0 Å². The summed E-state index contributed by atoms with van der Waals surface area (Å²) in [5, 5.41) is 10.0. The molecule has 3 saturated carbocycles. The Balaban J connectivity index is 1.75. The van der Waals surface area contributed by atoms with E-state index in [1.54, 1.807) is 5.57 Å². The number of fused-ring (bicyclic) bond motifs is 1. The first-order valence-corrected chi connectivity index (χ1v) is 12.2. The lowest BCUT2D eigenvalue weighted by Crippen LogP contribution is -2.35. The maximum atomic E-state index is 10.0. The summed E-state index contributed by atoms with van der Waals surface area (Å²) in [5.41, 5.74) is 4.61. The molecule has 3 fully saturated rings. The summed E-state index contributed by atoms with van der Waals surface area (Å²) in [6.07, 6.45) is 18.8. The average molecular weight is 397 g/mol. The topological polar surface area (TPSA) is 20.2 Å². The van der Waals surface area contributed by atoms with E-state index in [4.69, 9.17) is 0 Å². The van der Waals surface area contributed by atoms with Gasteiger partial charge in [-0.15, -0.1) is 0 Å². The third-order valence-corrected chi connectivity index (χ3v) is 8.63. The molecule has 3 aliphatic rings. The first-order chi connectivity index (χ1) is 13.7. The Kier molecular flexibility index (Phi) is 7.31. The molecule has 0 aromatic rings. The predicted molar refractivity (Wildman–Crippen MR) is 126 cm³/mol. The fourth-order valence-corrected chi connectivity index (χ4v) is 6.25. The Hall–Kier alpha value is -1.08. The van der Waals surface area contributed by atoms with Gasteiger partial charge < -0.3 is 5.11 Å². The lowest BCUT2D eigenvalue weighted by Gasteiger charge is -2.44. The molecule has 6 atom stereocenters. The zero-order chi connectivity index (χ0) is 21.2. The molecule has 0 aromatic heterocycles. The van der Waals surface area contributed by atoms with Gasteiger partial charge in [0.15, 0.2) is 0 Å². The van der Waals surface area contributed by atoms with Gasteiger partial charge in [-0.1, -0.05) is 76.6 Å². The minimum Gasteiger partial charge on any atom is -0.393 e. The highest BCUT2D eigenvalue weighted by Gasteiger charge is 2.50. The molecule has 1 N–H and O–H groups in total. The van der Waals surface area contributed by atoms with E-state index >= 15 is 0 Å². The highest BCUT2D eigenvalue weighted by molar-refractivity contribution is 5.36. The van der Waals surface area contributed by atoms with Gasteiger partial charge in [-0.25, -0.2) is 0 Å². The molecule has 162 valence electrons. The molecule has 3 rings (SSSR count). The zero-order valence-corrected chi connectivity index (χ0v) is 19.6. The molecule has 0 amide bonds. The summed E-state index contributed by atoms with van der Waals surface area (Å²) in [6, 6.07) is 0. The molecule has 0 aromatic carbocycles. The van der Waals surface area contributed by atoms with Crippen molar-refractivity contribution in [2.75, 3.05) is 0 Å². The first kappa shape index (κ1) is 22.6.